The summed E-state index contributed by atoms with van der Waals surface area (Å²) in [7, 11) is 0. The van der Waals surface area contributed by atoms with Crippen molar-refractivity contribution < 1.29 is 4.79 Å². The van der Waals surface area contributed by atoms with Crippen LogP contribution in [0.5, 0.6) is 0 Å². The zero-order valence-corrected chi connectivity index (χ0v) is 8.87. The van der Waals surface area contributed by atoms with E-state index in [2.05, 4.69) is 13.8 Å². The maximum atomic E-state index is 11.4. The van der Waals surface area contributed by atoms with Gasteiger partial charge < -0.3 is 4.90 Å². The Bertz CT molecular complexity index is 203. The second-order valence-corrected chi connectivity index (χ2v) is 3.87. The zero-order chi connectivity index (χ0) is 10.4. The van der Waals surface area contributed by atoms with E-state index in [0.717, 1.165) is 6.54 Å². The smallest absolute Gasteiger partial charge is 0.237 e. The van der Waals surface area contributed by atoms with Crippen molar-refractivity contribution in [2.24, 2.45) is 5.92 Å². The van der Waals surface area contributed by atoms with E-state index in [9.17, 15) is 4.79 Å². The van der Waals surface area contributed by atoms with Crippen LogP contribution in [0.1, 0.15) is 34.1 Å². The van der Waals surface area contributed by atoms with E-state index < -0.39 is 0 Å². The minimum atomic E-state index is -0.0637. The van der Waals surface area contributed by atoms with Gasteiger partial charge in [0, 0.05) is 12.6 Å². The third-order valence-electron chi connectivity index (χ3n) is 1.74. The molecule has 0 heterocycles. The molecule has 3 nitrogen and oxygen atoms in total. The summed E-state index contributed by atoms with van der Waals surface area (Å²) in [5, 5.41) is 8.40. The molecule has 0 aromatic carbocycles. The Morgan fingerprint density at radius 1 is 1.38 bits per heavy atom. The number of nitriles is 1. The van der Waals surface area contributed by atoms with Gasteiger partial charge in [0.15, 0.2) is 0 Å². The molecule has 13 heavy (non-hydrogen) atoms. The minimum Gasteiger partial charge on any atom is -0.339 e. The van der Waals surface area contributed by atoms with Crippen molar-refractivity contribution >= 4 is 5.91 Å². The van der Waals surface area contributed by atoms with Gasteiger partial charge in [-0.1, -0.05) is 13.8 Å². The average Bonchev–Trinajstić information content (AvgIpc) is 1.99. The molecule has 3 heteroatoms. The van der Waals surface area contributed by atoms with Crippen LogP contribution in [0.15, 0.2) is 0 Å². The highest BCUT2D eigenvalue weighted by Gasteiger charge is 2.16. The van der Waals surface area contributed by atoms with Crippen molar-refractivity contribution in [3.05, 3.63) is 0 Å². The van der Waals surface area contributed by atoms with Gasteiger partial charge in [-0.2, -0.15) is 5.26 Å². The van der Waals surface area contributed by atoms with Crippen LogP contribution in [0.2, 0.25) is 0 Å². The maximum Gasteiger partial charge on any atom is 0.237 e. The van der Waals surface area contributed by atoms with Crippen LogP contribution in [-0.4, -0.2) is 23.4 Å². The molecule has 0 spiro atoms. The average molecular weight is 182 g/mol. The maximum absolute atomic E-state index is 11.4. The lowest BCUT2D eigenvalue weighted by Gasteiger charge is -2.27. The molecule has 0 saturated heterocycles. The van der Waals surface area contributed by atoms with E-state index in [-0.39, 0.29) is 18.4 Å². The molecule has 74 valence electrons. The second kappa shape index (κ2) is 5.58. The highest BCUT2D eigenvalue weighted by Crippen LogP contribution is 2.05. The highest BCUT2D eigenvalue weighted by atomic mass is 16.2. The van der Waals surface area contributed by atoms with Gasteiger partial charge in [0.25, 0.3) is 0 Å². The Balaban J connectivity index is 4.26. The van der Waals surface area contributed by atoms with Gasteiger partial charge in [-0.15, -0.1) is 0 Å². The number of carbonyl (C=O) groups excluding carboxylic acids is 1. The Morgan fingerprint density at radius 3 is 2.23 bits per heavy atom. The first-order valence-corrected chi connectivity index (χ1v) is 4.65. The highest BCUT2D eigenvalue weighted by molar-refractivity contribution is 5.78. The molecule has 0 aliphatic heterocycles. The van der Waals surface area contributed by atoms with Crippen molar-refractivity contribution in [3.8, 4) is 6.07 Å². The molecule has 0 aromatic heterocycles. The van der Waals surface area contributed by atoms with E-state index in [1.54, 1.807) is 4.90 Å². The molecule has 1 amide bonds. The monoisotopic (exact) mass is 182 g/mol. The predicted octanol–water partition coefficient (Wildman–Crippen LogP) is 1.79. The SMILES string of the molecule is CC(C)CN(C(=O)CC#N)C(C)C. The van der Waals surface area contributed by atoms with E-state index >= 15 is 0 Å². The summed E-state index contributed by atoms with van der Waals surface area (Å²) in [6.45, 7) is 8.80. The summed E-state index contributed by atoms with van der Waals surface area (Å²) in [5.41, 5.74) is 0. The van der Waals surface area contributed by atoms with Crippen LogP contribution >= 0.6 is 0 Å². The van der Waals surface area contributed by atoms with Crippen LogP contribution in [0, 0.1) is 17.2 Å². The summed E-state index contributed by atoms with van der Waals surface area (Å²) in [6, 6.07) is 2.07. The number of hydrogen-bond acceptors (Lipinski definition) is 2. The summed E-state index contributed by atoms with van der Waals surface area (Å²) in [4.78, 5) is 13.2. The molecule has 0 radical (unpaired) electrons. The van der Waals surface area contributed by atoms with Crippen molar-refractivity contribution in [2.45, 2.75) is 40.2 Å². The number of rotatable bonds is 4. The first-order valence-electron chi connectivity index (χ1n) is 4.65. The normalized spacial score (nSPS) is 10.2. The number of amides is 1. The molecule has 0 atom stereocenters. The van der Waals surface area contributed by atoms with Gasteiger partial charge >= 0.3 is 0 Å². The number of hydrogen-bond donors (Lipinski definition) is 0. The van der Waals surface area contributed by atoms with Crippen LogP contribution in [0.3, 0.4) is 0 Å². The van der Waals surface area contributed by atoms with Gasteiger partial charge in [0.2, 0.25) is 5.91 Å². The summed E-state index contributed by atoms with van der Waals surface area (Å²) in [5.74, 6) is 0.385. The first kappa shape index (κ1) is 12.0. The molecule has 0 rings (SSSR count). The van der Waals surface area contributed by atoms with Crippen LogP contribution < -0.4 is 0 Å². The van der Waals surface area contributed by atoms with Crippen molar-refractivity contribution in [1.29, 1.82) is 5.26 Å². The lowest BCUT2D eigenvalue weighted by molar-refractivity contribution is -0.132. The van der Waals surface area contributed by atoms with Crippen LogP contribution in [0.4, 0.5) is 0 Å². The van der Waals surface area contributed by atoms with E-state index in [0.29, 0.717) is 5.92 Å². The van der Waals surface area contributed by atoms with Gasteiger partial charge in [0.05, 0.1) is 6.07 Å². The third-order valence-corrected chi connectivity index (χ3v) is 1.74. The van der Waals surface area contributed by atoms with E-state index in [4.69, 9.17) is 5.26 Å². The quantitative estimate of drug-likeness (QED) is 0.665. The molecular formula is C10H18N2O. The minimum absolute atomic E-state index is 0.00903. The fraction of sp³-hybridized carbons (Fsp3) is 0.800. The molecule has 0 saturated carbocycles. The first-order chi connectivity index (χ1) is 5.99. The Labute approximate surface area is 80.3 Å². The number of carbonyl (C=O) groups is 1. The molecule has 0 unspecified atom stereocenters. The van der Waals surface area contributed by atoms with Crippen molar-refractivity contribution in [2.75, 3.05) is 6.54 Å². The Hall–Kier alpha value is -1.04. The third kappa shape index (κ3) is 4.51. The van der Waals surface area contributed by atoms with Crippen LogP contribution in [0.25, 0.3) is 0 Å². The molecule has 0 fully saturated rings. The Kier molecular flexibility index (Phi) is 5.13. The fourth-order valence-electron chi connectivity index (χ4n) is 1.16. The molecule has 0 aliphatic rings. The summed E-state index contributed by atoms with van der Waals surface area (Å²) < 4.78 is 0. The van der Waals surface area contributed by atoms with Crippen molar-refractivity contribution in [1.82, 2.24) is 4.90 Å². The molecule has 0 N–H and O–H groups in total. The largest absolute Gasteiger partial charge is 0.339 e. The fourth-order valence-corrected chi connectivity index (χ4v) is 1.16. The number of nitrogens with zero attached hydrogens (tertiary/aromatic N) is 2. The summed E-state index contributed by atoms with van der Waals surface area (Å²) in [6.07, 6.45) is -0.00903. The molecular weight excluding hydrogens is 164 g/mol. The van der Waals surface area contributed by atoms with Gasteiger partial charge in [-0.3, -0.25) is 4.79 Å². The molecule has 0 aromatic rings. The Morgan fingerprint density at radius 2 is 1.92 bits per heavy atom. The molecule has 0 bridgehead atoms. The lowest BCUT2D eigenvalue weighted by Crippen LogP contribution is -2.39. The van der Waals surface area contributed by atoms with Crippen molar-refractivity contribution in [3.63, 3.8) is 0 Å². The van der Waals surface area contributed by atoms with Gasteiger partial charge in [-0.05, 0) is 19.8 Å². The van der Waals surface area contributed by atoms with E-state index in [1.807, 2.05) is 19.9 Å². The van der Waals surface area contributed by atoms with E-state index in [1.165, 1.54) is 0 Å². The standard InChI is InChI=1S/C10H18N2O/c1-8(2)7-12(9(3)4)10(13)5-6-11/h8-9H,5,7H2,1-4H3. The van der Waals surface area contributed by atoms with Gasteiger partial charge in [-0.25, -0.2) is 0 Å². The summed E-state index contributed by atoms with van der Waals surface area (Å²) >= 11 is 0. The second-order valence-electron chi connectivity index (χ2n) is 3.87. The zero-order valence-electron chi connectivity index (χ0n) is 8.87. The predicted molar refractivity (Wildman–Crippen MR) is 51.9 cm³/mol. The van der Waals surface area contributed by atoms with Gasteiger partial charge in [0.1, 0.15) is 6.42 Å². The van der Waals surface area contributed by atoms with Crippen LogP contribution in [-0.2, 0) is 4.79 Å². The molecule has 0 aliphatic carbocycles. The lowest BCUT2D eigenvalue weighted by atomic mass is 10.1. The topological polar surface area (TPSA) is 44.1 Å².